The summed E-state index contributed by atoms with van der Waals surface area (Å²) in [4.78, 5) is 24.3. The van der Waals surface area contributed by atoms with Gasteiger partial charge in [0.1, 0.15) is 12.2 Å². The number of carbonyl (C=O) groups is 2. The average molecular weight is 288 g/mol. The minimum Gasteiger partial charge on any atom is -0.480 e. The summed E-state index contributed by atoms with van der Waals surface area (Å²) in [6, 6.07) is 10.8. The van der Waals surface area contributed by atoms with E-state index >= 15 is 0 Å². The van der Waals surface area contributed by atoms with Gasteiger partial charge < -0.3 is 14.5 Å². The highest BCUT2D eigenvalue weighted by atomic mass is 16.5. The largest absolute Gasteiger partial charge is 0.480 e. The van der Waals surface area contributed by atoms with Crippen LogP contribution in [0.15, 0.2) is 40.9 Å². The number of nitrogens with zero attached hydrogens (tertiary/aromatic N) is 2. The first-order chi connectivity index (χ1) is 10.1. The van der Waals surface area contributed by atoms with Gasteiger partial charge in [-0.2, -0.15) is 0 Å². The Bertz CT molecular complexity index is 622. The molecule has 0 radical (unpaired) electrons. The smallest absolute Gasteiger partial charge is 0.323 e. The molecular formula is C15H16N2O4. The topological polar surface area (TPSA) is 83.6 Å². The summed E-state index contributed by atoms with van der Waals surface area (Å²) in [6.45, 7) is 1.87. The molecule has 6 heteroatoms. The number of carboxylic acid groups (broad SMARTS) is 1. The maximum absolute atomic E-state index is 12.2. The van der Waals surface area contributed by atoms with E-state index in [0.29, 0.717) is 18.7 Å². The predicted octanol–water partition coefficient (Wildman–Crippen LogP) is 2.28. The van der Waals surface area contributed by atoms with Crippen LogP contribution in [-0.2, 0) is 4.79 Å². The van der Waals surface area contributed by atoms with Crippen molar-refractivity contribution < 1.29 is 19.2 Å². The van der Waals surface area contributed by atoms with E-state index in [0.717, 1.165) is 5.56 Å². The van der Waals surface area contributed by atoms with E-state index in [-0.39, 0.29) is 12.3 Å². The molecule has 0 saturated heterocycles. The van der Waals surface area contributed by atoms with Gasteiger partial charge in [-0.25, -0.2) is 0 Å². The van der Waals surface area contributed by atoms with Crippen molar-refractivity contribution in [3.63, 3.8) is 0 Å². The summed E-state index contributed by atoms with van der Waals surface area (Å²) < 4.78 is 5.06. The van der Waals surface area contributed by atoms with Crippen LogP contribution in [-0.4, -0.2) is 40.1 Å². The summed E-state index contributed by atoms with van der Waals surface area (Å²) in [6.07, 6.45) is 0.665. The van der Waals surface area contributed by atoms with Gasteiger partial charge in [0, 0.05) is 18.2 Å². The normalized spacial score (nSPS) is 10.3. The third kappa shape index (κ3) is 3.68. The fourth-order valence-corrected chi connectivity index (χ4v) is 1.96. The lowest BCUT2D eigenvalue weighted by Crippen LogP contribution is -2.36. The van der Waals surface area contributed by atoms with E-state index in [9.17, 15) is 9.59 Å². The van der Waals surface area contributed by atoms with Gasteiger partial charge in [-0.1, -0.05) is 42.4 Å². The standard InChI is InChI=1S/C15H16N2O4/c1-2-8-17(10-14(18)19)15(20)13-9-12(16-21-13)11-6-4-3-5-7-11/h3-7,9H,2,8,10H2,1H3,(H,18,19). The zero-order chi connectivity index (χ0) is 15.2. The molecule has 1 aromatic carbocycles. The molecule has 0 unspecified atom stereocenters. The number of rotatable bonds is 6. The van der Waals surface area contributed by atoms with Crippen molar-refractivity contribution in [1.29, 1.82) is 0 Å². The molecule has 0 aliphatic carbocycles. The maximum Gasteiger partial charge on any atom is 0.323 e. The molecule has 2 rings (SSSR count). The van der Waals surface area contributed by atoms with Gasteiger partial charge in [-0.15, -0.1) is 0 Å². The predicted molar refractivity (Wildman–Crippen MR) is 75.8 cm³/mol. The lowest BCUT2D eigenvalue weighted by atomic mass is 10.1. The van der Waals surface area contributed by atoms with Crippen molar-refractivity contribution in [2.75, 3.05) is 13.1 Å². The van der Waals surface area contributed by atoms with Crippen LogP contribution in [0.5, 0.6) is 0 Å². The summed E-state index contributed by atoms with van der Waals surface area (Å²) in [7, 11) is 0. The number of hydrogen-bond donors (Lipinski definition) is 1. The minimum atomic E-state index is -1.06. The number of amides is 1. The number of aromatic nitrogens is 1. The second kappa shape index (κ2) is 6.69. The average Bonchev–Trinajstić information content (AvgIpc) is 2.96. The molecule has 21 heavy (non-hydrogen) atoms. The van der Waals surface area contributed by atoms with Crippen molar-refractivity contribution in [1.82, 2.24) is 10.1 Å². The van der Waals surface area contributed by atoms with Crippen molar-refractivity contribution in [2.24, 2.45) is 0 Å². The van der Waals surface area contributed by atoms with Crippen LogP contribution < -0.4 is 0 Å². The van der Waals surface area contributed by atoms with E-state index in [1.54, 1.807) is 0 Å². The van der Waals surface area contributed by atoms with Gasteiger partial charge in [0.2, 0.25) is 5.76 Å². The fraction of sp³-hybridized carbons (Fsp3) is 0.267. The molecular weight excluding hydrogens is 272 g/mol. The molecule has 0 bridgehead atoms. The monoisotopic (exact) mass is 288 g/mol. The number of carboxylic acids is 1. The van der Waals surface area contributed by atoms with Crippen LogP contribution in [0, 0.1) is 0 Å². The van der Waals surface area contributed by atoms with Crippen LogP contribution in [0.2, 0.25) is 0 Å². The van der Waals surface area contributed by atoms with Crippen molar-refractivity contribution in [2.45, 2.75) is 13.3 Å². The fourth-order valence-electron chi connectivity index (χ4n) is 1.96. The first-order valence-corrected chi connectivity index (χ1v) is 6.65. The summed E-state index contributed by atoms with van der Waals surface area (Å²) in [5.41, 5.74) is 1.38. The molecule has 0 saturated carbocycles. The number of hydrogen-bond acceptors (Lipinski definition) is 4. The molecule has 0 atom stereocenters. The Morgan fingerprint density at radius 1 is 1.29 bits per heavy atom. The molecule has 0 spiro atoms. The Morgan fingerprint density at radius 2 is 2.00 bits per heavy atom. The second-order valence-electron chi connectivity index (χ2n) is 4.56. The van der Waals surface area contributed by atoms with Gasteiger partial charge in [0.25, 0.3) is 5.91 Å². The SMILES string of the molecule is CCCN(CC(=O)O)C(=O)c1cc(-c2ccccc2)no1. The third-order valence-corrected chi connectivity index (χ3v) is 2.90. The van der Waals surface area contributed by atoms with E-state index in [2.05, 4.69) is 5.16 Å². The highest BCUT2D eigenvalue weighted by molar-refractivity contribution is 5.94. The second-order valence-corrected chi connectivity index (χ2v) is 4.56. The third-order valence-electron chi connectivity index (χ3n) is 2.90. The van der Waals surface area contributed by atoms with Crippen molar-refractivity contribution in [3.8, 4) is 11.3 Å². The Morgan fingerprint density at radius 3 is 2.62 bits per heavy atom. The molecule has 6 nitrogen and oxygen atoms in total. The van der Waals surface area contributed by atoms with E-state index in [1.165, 1.54) is 11.0 Å². The molecule has 0 aliphatic heterocycles. The molecule has 2 aromatic rings. The zero-order valence-corrected chi connectivity index (χ0v) is 11.7. The lowest BCUT2D eigenvalue weighted by Gasteiger charge is -2.17. The number of carbonyl (C=O) groups excluding carboxylic acids is 1. The first kappa shape index (κ1) is 14.8. The first-order valence-electron chi connectivity index (χ1n) is 6.65. The van der Waals surface area contributed by atoms with Crippen LogP contribution in [0.3, 0.4) is 0 Å². The summed E-state index contributed by atoms with van der Waals surface area (Å²) in [5.74, 6) is -1.47. The zero-order valence-electron chi connectivity index (χ0n) is 11.7. The molecule has 110 valence electrons. The molecule has 1 aromatic heterocycles. The highest BCUT2D eigenvalue weighted by Crippen LogP contribution is 2.19. The van der Waals surface area contributed by atoms with E-state index in [4.69, 9.17) is 9.63 Å². The Hall–Kier alpha value is -2.63. The van der Waals surface area contributed by atoms with E-state index < -0.39 is 11.9 Å². The quantitative estimate of drug-likeness (QED) is 0.881. The summed E-state index contributed by atoms with van der Waals surface area (Å²) >= 11 is 0. The van der Waals surface area contributed by atoms with Crippen LogP contribution in [0.25, 0.3) is 11.3 Å². The van der Waals surface area contributed by atoms with Gasteiger partial charge in [0.15, 0.2) is 0 Å². The van der Waals surface area contributed by atoms with Gasteiger partial charge >= 0.3 is 5.97 Å². The summed E-state index contributed by atoms with van der Waals surface area (Å²) in [5, 5.41) is 12.7. The maximum atomic E-state index is 12.2. The van der Waals surface area contributed by atoms with Crippen LogP contribution >= 0.6 is 0 Å². The van der Waals surface area contributed by atoms with Gasteiger partial charge in [-0.05, 0) is 6.42 Å². The molecule has 1 heterocycles. The van der Waals surface area contributed by atoms with Gasteiger partial charge in [-0.3, -0.25) is 9.59 Å². The number of benzene rings is 1. The van der Waals surface area contributed by atoms with Crippen molar-refractivity contribution in [3.05, 3.63) is 42.2 Å². The molecule has 0 aliphatic rings. The van der Waals surface area contributed by atoms with Crippen molar-refractivity contribution >= 4 is 11.9 Å². The lowest BCUT2D eigenvalue weighted by molar-refractivity contribution is -0.137. The van der Waals surface area contributed by atoms with Gasteiger partial charge in [0.05, 0.1) is 0 Å². The Kier molecular flexibility index (Phi) is 4.71. The van der Waals surface area contributed by atoms with Crippen LogP contribution in [0.4, 0.5) is 0 Å². The number of aliphatic carboxylic acids is 1. The Balaban J connectivity index is 2.19. The molecule has 0 fully saturated rings. The van der Waals surface area contributed by atoms with E-state index in [1.807, 2.05) is 37.3 Å². The minimum absolute atomic E-state index is 0.0450. The highest BCUT2D eigenvalue weighted by Gasteiger charge is 2.22. The molecule has 1 amide bonds. The molecule has 1 N–H and O–H groups in total. The Labute approximate surface area is 122 Å². The van der Waals surface area contributed by atoms with Crippen LogP contribution in [0.1, 0.15) is 23.9 Å².